The fourth-order valence-corrected chi connectivity index (χ4v) is 9.22. The highest BCUT2D eigenvalue weighted by Crippen LogP contribution is 2.21. The first kappa shape index (κ1) is 75.8. The van der Waals surface area contributed by atoms with Gasteiger partial charge < -0.3 is 94.9 Å². The molecular formula is C55H91N15O18. The molecule has 0 aromatic carbocycles. The van der Waals surface area contributed by atoms with Gasteiger partial charge in [-0.05, 0) is 56.3 Å². The summed E-state index contributed by atoms with van der Waals surface area (Å²) in [5.41, 5.74) is 11.2. The number of nitrogens with one attached hydrogen (secondary N) is 11. The van der Waals surface area contributed by atoms with E-state index in [1.807, 2.05) is 19.2 Å². The van der Waals surface area contributed by atoms with Gasteiger partial charge in [-0.25, -0.2) is 9.78 Å². The first-order chi connectivity index (χ1) is 41.4. The Hall–Kier alpha value is -8.33. The molecule has 14 atom stereocenters. The molecule has 0 aliphatic carbocycles. The zero-order valence-corrected chi connectivity index (χ0v) is 51.3. The molecule has 0 unspecified atom stereocenters. The molecule has 0 radical (unpaired) electrons. The van der Waals surface area contributed by atoms with Crippen molar-refractivity contribution in [3.05, 3.63) is 18.2 Å². The maximum atomic E-state index is 14.3. The van der Waals surface area contributed by atoms with Gasteiger partial charge in [-0.1, -0.05) is 74.7 Å². The smallest absolute Gasteiger partial charge is 0.328 e. The van der Waals surface area contributed by atoms with Crippen LogP contribution in [0.3, 0.4) is 0 Å². The number of rotatable bonds is 39. The van der Waals surface area contributed by atoms with Crippen LogP contribution in [0.25, 0.3) is 0 Å². The zero-order chi connectivity index (χ0) is 66.7. The summed E-state index contributed by atoms with van der Waals surface area (Å²) in [4.78, 5) is 195. The van der Waals surface area contributed by atoms with Gasteiger partial charge in [-0.3, -0.25) is 62.3 Å². The van der Waals surface area contributed by atoms with Crippen LogP contribution in [0.4, 0.5) is 0 Å². The van der Waals surface area contributed by atoms with Crippen LogP contribution in [0.1, 0.15) is 126 Å². The number of hydrogen-bond acceptors (Lipinski definition) is 18. The van der Waals surface area contributed by atoms with Crippen molar-refractivity contribution in [1.82, 2.24) is 68.0 Å². The molecule has 494 valence electrons. The second-order valence-electron chi connectivity index (χ2n) is 22.4. The number of aliphatic hydroxyl groups excluding tert-OH is 2. The Morgan fingerprint density at radius 3 is 1.52 bits per heavy atom. The summed E-state index contributed by atoms with van der Waals surface area (Å²) in [6.45, 7) is 12.4. The highest BCUT2D eigenvalue weighted by molar-refractivity contribution is 6.00. The number of hydrogen-bond donors (Lipinski definition) is 17. The highest BCUT2D eigenvalue weighted by atomic mass is 16.4. The van der Waals surface area contributed by atoms with E-state index in [0.717, 1.165) is 0 Å². The molecule has 1 saturated heterocycles. The number of carbonyl (C=O) groups is 14. The van der Waals surface area contributed by atoms with Gasteiger partial charge in [-0.2, -0.15) is 0 Å². The van der Waals surface area contributed by atoms with Gasteiger partial charge in [0.1, 0.15) is 66.5 Å². The molecule has 2 rings (SSSR count). The number of likely N-dealkylation sites (tertiary alicyclic amines) is 1. The molecule has 1 aliphatic heterocycles. The Morgan fingerprint density at radius 2 is 1.07 bits per heavy atom. The second kappa shape index (κ2) is 37.4. The Balaban J connectivity index is 2.39. The van der Waals surface area contributed by atoms with E-state index in [4.69, 9.17) is 11.5 Å². The molecule has 1 aliphatic rings. The predicted molar refractivity (Wildman–Crippen MR) is 311 cm³/mol. The van der Waals surface area contributed by atoms with Crippen molar-refractivity contribution < 1.29 is 87.5 Å². The Labute approximate surface area is 509 Å². The Kier molecular flexibility index (Phi) is 32.2. The van der Waals surface area contributed by atoms with Crippen molar-refractivity contribution >= 4 is 82.8 Å². The van der Waals surface area contributed by atoms with Crippen molar-refractivity contribution in [2.75, 3.05) is 26.3 Å². The summed E-state index contributed by atoms with van der Waals surface area (Å²) in [5.74, 6) is -16.1. The molecule has 33 heteroatoms. The lowest BCUT2D eigenvalue weighted by Gasteiger charge is -2.31. The Morgan fingerprint density at radius 1 is 0.602 bits per heavy atom. The number of aromatic nitrogens is 2. The molecule has 88 heavy (non-hydrogen) atoms. The predicted octanol–water partition coefficient (Wildman–Crippen LogP) is -5.24. The lowest BCUT2D eigenvalue weighted by molar-refractivity contribution is -0.144. The lowest BCUT2D eigenvalue weighted by Crippen LogP contribution is -2.62. The van der Waals surface area contributed by atoms with Crippen LogP contribution >= 0.6 is 0 Å². The van der Waals surface area contributed by atoms with Crippen molar-refractivity contribution in [3.8, 4) is 0 Å². The average molecular weight is 1250 g/mol. The van der Waals surface area contributed by atoms with Gasteiger partial charge in [0.2, 0.25) is 70.9 Å². The maximum absolute atomic E-state index is 14.3. The quantitative estimate of drug-likeness (QED) is 0.0293. The number of nitrogens with zero attached hydrogens (tertiary/aromatic N) is 2. The molecule has 1 aromatic heterocycles. The van der Waals surface area contributed by atoms with Gasteiger partial charge in [0.15, 0.2) is 0 Å². The van der Waals surface area contributed by atoms with Gasteiger partial charge >= 0.3 is 11.9 Å². The average Bonchev–Trinajstić information content (AvgIpc) is 4.37. The minimum atomic E-state index is -1.79. The Bertz CT molecular complexity index is 2590. The third-order valence-electron chi connectivity index (χ3n) is 15.0. The van der Waals surface area contributed by atoms with Gasteiger partial charge in [0, 0.05) is 31.3 Å². The molecule has 12 amide bonds. The van der Waals surface area contributed by atoms with Crippen LogP contribution < -0.4 is 64.6 Å². The molecule has 2 heterocycles. The molecule has 19 N–H and O–H groups in total. The number of aliphatic hydroxyl groups is 2. The normalized spacial score (nSPS) is 17.4. The number of H-pyrrole nitrogens is 1. The van der Waals surface area contributed by atoms with E-state index in [1.165, 1.54) is 24.3 Å². The lowest BCUT2D eigenvalue weighted by atomic mass is 9.95. The molecule has 0 spiro atoms. The van der Waals surface area contributed by atoms with Crippen molar-refractivity contribution in [2.24, 2.45) is 35.1 Å². The van der Waals surface area contributed by atoms with Crippen molar-refractivity contribution in [1.29, 1.82) is 0 Å². The van der Waals surface area contributed by atoms with E-state index in [1.54, 1.807) is 41.5 Å². The molecule has 1 fully saturated rings. The number of aliphatic carboxylic acids is 2. The summed E-state index contributed by atoms with van der Waals surface area (Å²) in [5, 5.41) is 62.8. The summed E-state index contributed by atoms with van der Waals surface area (Å²) in [7, 11) is 0. The molecule has 0 bridgehead atoms. The standard InChI is InChI=1S/C55H91N15O18/c1-10-27(6)42(68-48(80)35(20-41(75)76)64-52(84)43(28(7)11-2)69-47(79)33(18-26(4)5)61-40(74)21-56)51(83)60-30(9)54(86)70-17-13-14-38(70)50(82)63-34(19-31-22-58-25-59-31)46(78)62-32(15-16-39(57)73)45(77)67-44(29(8)12-3)53(85)65-36(23-71)49(81)66-37(24-72)55(87)88/h22,25-30,32-38,42-44,71-72H,10-21,23-24,56H2,1-9H3,(H2,57,73)(H,58,59)(H,60,83)(H,61,74)(H,62,78)(H,63,82)(H,64,84)(H,65,85)(H,66,81)(H,67,77)(H,68,80)(H,69,79)(H,75,76)(H,87,88)/t27-,28-,29-,30-,32-,33-,34-,35-,36-,37-,38-,42-,43-,44-/m0/s1. The van der Waals surface area contributed by atoms with E-state index < -0.39 is 206 Å². The summed E-state index contributed by atoms with van der Waals surface area (Å²) in [6, 6.07) is -16.4. The first-order valence-corrected chi connectivity index (χ1v) is 29.3. The fraction of sp³-hybridized carbons (Fsp3) is 0.691. The minimum Gasteiger partial charge on any atom is -0.481 e. The van der Waals surface area contributed by atoms with E-state index >= 15 is 0 Å². The van der Waals surface area contributed by atoms with Crippen LogP contribution in [-0.4, -0.2) is 211 Å². The van der Waals surface area contributed by atoms with Crippen LogP contribution in [0.2, 0.25) is 0 Å². The third kappa shape index (κ3) is 24.1. The second-order valence-corrected chi connectivity index (χ2v) is 22.4. The number of carboxylic acids is 2. The summed E-state index contributed by atoms with van der Waals surface area (Å²) < 4.78 is 0. The third-order valence-corrected chi connectivity index (χ3v) is 15.0. The first-order valence-electron chi connectivity index (χ1n) is 29.3. The van der Waals surface area contributed by atoms with Crippen molar-refractivity contribution in [3.63, 3.8) is 0 Å². The number of imidazole rings is 1. The van der Waals surface area contributed by atoms with Crippen LogP contribution in [0.15, 0.2) is 12.5 Å². The number of primary amides is 1. The topological polar surface area (TPSA) is 524 Å². The monoisotopic (exact) mass is 1250 g/mol. The number of carboxylic acid groups (broad SMARTS) is 2. The van der Waals surface area contributed by atoms with Crippen LogP contribution in [0.5, 0.6) is 0 Å². The molecule has 1 aromatic rings. The number of amides is 12. The van der Waals surface area contributed by atoms with Crippen LogP contribution in [-0.2, 0) is 73.5 Å². The number of aromatic amines is 1. The van der Waals surface area contributed by atoms with Gasteiger partial charge in [-0.15, -0.1) is 0 Å². The SMILES string of the molecule is CC[C@H](C)[C@H](NC(=O)[C@H](CC(=O)O)NC(=O)[C@@H](NC(=O)[C@H](CC(C)C)NC(=O)CN)[C@@H](C)CC)C(=O)N[C@@H](C)C(=O)N1CCC[C@H]1C(=O)N[C@@H](Cc1cnc[nH]1)C(=O)N[C@@H](CCC(N)=O)C(=O)N[C@H](C(=O)N[C@@H](CO)C(=O)N[C@@H](CO)C(=O)O)[C@@H](C)CC. The van der Waals surface area contributed by atoms with E-state index in [0.29, 0.717) is 12.1 Å². The van der Waals surface area contributed by atoms with E-state index in [9.17, 15) is 87.5 Å². The molecular weight excluding hydrogens is 1160 g/mol. The maximum Gasteiger partial charge on any atom is 0.328 e. The summed E-state index contributed by atoms with van der Waals surface area (Å²) >= 11 is 0. The fourth-order valence-electron chi connectivity index (χ4n) is 9.22. The van der Waals surface area contributed by atoms with Gasteiger partial charge in [0.25, 0.3) is 0 Å². The summed E-state index contributed by atoms with van der Waals surface area (Å²) in [6.07, 6.45) is 1.90. The largest absolute Gasteiger partial charge is 0.481 e. The van der Waals surface area contributed by atoms with Gasteiger partial charge in [0.05, 0.1) is 32.5 Å². The van der Waals surface area contributed by atoms with E-state index in [2.05, 4.69) is 57.8 Å². The molecule has 33 nitrogen and oxygen atoms in total. The van der Waals surface area contributed by atoms with E-state index in [-0.39, 0.29) is 51.0 Å². The minimum absolute atomic E-state index is 0.00494. The highest BCUT2D eigenvalue weighted by Gasteiger charge is 2.41. The van der Waals surface area contributed by atoms with Crippen LogP contribution in [0, 0.1) is 23.7 Å². The van der Waals surface area contributed by atoms with Crippen molar-refractivity contribution in [2.45, 2.75) is 193 Å². The number of nitrogens with two attached hydrogens (primary N) is 2. The zero-order valence-electron chi connectivity index (χ0n) is 51.3. The number of carbonyl (C=O) groups excluding carboxylic acids is 12. The molecule has 0 saturated carbocycles.